The molecule has 24 heavy (non-hydrogen) atoms. The van der Waals surface area contributed by atoms with Crippen molar-refractivity contribution in [1.82, 2.24) is 0 Å². The molecule has 1 amide bonds. The van der Waals surface area contributed by atoms with Gasteiger partial charge in [0.25, 0.3) is 5.91 Å². The summed E-state index contributed by atoms with van der Waals surface area (Å²) in [5, 5.41) is 0. The molecule has 3 rings (SSSR count). The average Bonchev–Trinajstić information content (AvgIpc) is 2.95. The fourth-order valence-electron chi connectivity index (χ4n) is 2.95. The van der Waals surface area contributed by atoms with Crippen LogP contribution in [0.1, 0.15) is 22.8 Å². The first-order chi connectivity index (χ1) is 11.6. The van der Waals surface area contributed by atoms with E-state index in [1.165, 1.54) is 0 Å². The van der Waals surface area contributed by atoms with Crippen molar-refractivity contribution in [3.8, 4) is 0 Å². The predicted molar refractivity (Wildman–Crippen MR) is 95.6 cm³/mol. The summed E-state index contributed by atoms with van der Waals surface area (Å²) in [5.74, 6) is -0.669. The fraction of sp³-hybridized carbons (Fsp3) is 0.263. The van der Waals surface area contributed by atoms with Gasteiger partial charge in [-0.1, -0.05) is 18.2 Å². The van der Waals surface area contributed by atoms with E-state index in [2.05, 4.69) is 0 Å². The van der Waals surface area contributed by atoms with Crippen molar-refractivity contribution in [2.75, 3.05) is 17.8 Å². The van der Waals surface area contributed by atoms with Crippen LogP contribution in [-0.2, 0) is 16.0 Å². The van der Waals surface area contributed by atoms with Gasteiger partial charge in [0, 0.05) is 16.6 Å². The summed E-state index contributed by atoms with van der Waals surface area (Å²) in [6.07, 6.45) is 2.80. The van der Waals surface area contributed by atoms with Crippen LogP contribution in [0.25, 0.3) is 0 Å². The summed E-state index contributed by atoms with van der Waals surface area (Å²) in [7, 11) is 0. The summed E-state index contributed by atoms with van der Waals surface area (Å²) in [6, 6.07) is 15.1. The molecule has 124 valence electrons. The second kappa shape index (κ2) is 7.09. The number of amides is 1. The average molecular weight is 341 g/mol. The SMILES string of the molecule is CSc1ccc(C(=O)OCC(=O)N2c3ccccc3C[C@@H]2C)cc1. The van der Waals surface area contributed by atoms with Gasteiger partial charge in [-0.15, -0.1) is 11.8 Å². The molecular formula is C19H19NO3S. The van der Waals surface area contributed by atoms with Crippen molar-refractivity contribution < 1.29 is 14.3 Å². The van der Waals surface area contributed by atoms with E-state index in [0.717, 1.165) is 22.6 Å². The first kappa shape index (κ1) is 16.6. The molecule has 0 aromatic heterocycles. The first-order valence-corrected chi connectivity index (χ1v) is 9.04. The Bertz CT molecular complexity index is 757. The smallest absolute Gasteiger partial charge is 0.338 e. The molecule has 1 atom stereocenters. The van der Waals surface area contributed by atoms with Crippen LogP contribution in [0.4, 0.5) is 5.69 Å². The largest absolute Gasteiger partial charge is 0.452 e. The minimum absolute atomic E-state index is 0.0782. The van der Waals surface area contributed by atoms with Crippen molar-refractivity contribution in [3.63, 3.8) is 0 Å². The van der Waals surface area contributed by atoms with Crippen LogP contribution in [0.5, 0.6) is 0 Å². The zero-order valence-corrected chi connectivity index (χ0v) is 14.5. The molecule has 0 bridgehead atoms. The van der Waals surface area contributed by atoms with Crippen LogP contribution in [0, 0.1) is 0 Å². The summed E-state index contributed by atoms with van der Waals surface area (Å²) >= 11 is 1.61. The van der Waals surface area contributed by atoms with Gasteiger partial charge in [-0.25, -0.2) is 4.79 Å². The number of nitrogens with zero attached hydrogens (tertiary/aromatic N) is 1. The molecule has 0 fully saturated rings. The monoisotopic (exact) mass is 341 g/mol. The van der Waals surface area contributed by atoms with Gasteiger partial charge in [-0.2, -0.15) is 0 Å². The molecule has 0 radical (unpaired) electrons. The molecule has 4 nitrogen and oxygen atoms in total. The Morgan fingerprint density at radius 2 is 1.88 bits per heavy atom. The third-order valence-corrected chi connectivity index (χ3v) is 4.87. The third-order valence-electron chi connectivity index (χ3n) is 4.13. The zero-order valence-electron chi connectivity index (χ0n) is 13.7. The topological polar surface area (TPSA) is 46.6 Å². The Morgan fingerprint density at radius 1 is 1.17 bits per heavy atom. The van der Waals surface area contributed by atoms with Gasteiger partial charge in [-0.3, -0.25) is 4.79 Å². The van der Waals surface area contributed by atoms with E-state index < -0.39 is 5.97 Å². The van der Waals surface area contributed by atoms with Crippen molar-refractivity contribution in [2.45, 2.75) is 24.3 Å². The molecule has 0 saturated carbocycles. The number of rotatable bonds is 4. The highest BCUT2D eigenvalue weighted by Gasteiger charge is 2.30. The number of carbonyl (C=O) groups excluding carboxylic acids is 2. The first-order valence-electron chi connectivity index (χ1n) is 7.81. The molecule has 0 saturated heterocycles. The van der Waals surface area contributed by atoms with Gasteiger partial charge in [0.05, 0.1) is 5.56 Å². The molecule has 0 unspecified atom stereocenters. The van der Waals surface area contributed by atoms with E-state index in [0.29, 0.717) is 5.56 Å². The third kappa shape index (κ3) is 3.31. The Kier molecular flexibility index (Phi) is 4.90. The Hall–Kier alpha value is -2.27. The summed E-state index contributed by atoms with van der Waals surface area (Å²) in [6.45, 7) is 1.75. The highest BCUT2D eigenvalue weighted by atomic mass is 32.2. The second-order valence-corrected chi connectivity index (χ2v) is 6.63. The molecule has 2 aromatic carbocycles. The van der Waals surface area contributed by atoms with Crippen LogP contribution < -0.4 is 4.90 Å². The lowest BCUT2D eigenvalue weighted by Crippen LogP contribution is -2.38. The van der Waals surface area contributed by atoms with Gasteiger partial charge >= 0.3 is 5.97 Å². The van der Waals surface area contributed by atoms with Crippen LogP contribution in [0.15, 0.2) is 53.4 Å². The van der Waals surface area contributed by atoms with E-state index in [1.54, 1.807) is 28.8 Å². The normalized spacial score (nSPS) is 15.9. The van der Waals surface area contributed by atoms with Crippen LogP contribution >= 0.6 is 11.8 Å². The second-order valence-electron chi connectivity index (χ2n) is 5.75. The minimum atomic E-state index is -0.476. The Morgan fingerprint density at radius 3 is 2.58 bits per heavy atom. The number of anilines is 1. The van der Waals surface area contributed by atoms with Crippen molar-refractivity contribution in [1.29, 1.82) is 0 Å². The maximum Gasteiger partial charge on any atom is 0.338 e. The number of benzene rings is 2. The van der Waals surface area contributed by atoms with Crippen LogP contribution in [-0.4, -0.2) is 30.8 Å². The van der Waals surface area contributed by atoms with E-state index in [4.69, 9.17) is 4.74 Å². The highest BCUT2D eigenvalue weighted by Crippen LogP contribution is 2.31. The Balaban J connectivity index is 1.64. The lowest BCUT2D eigenvalue weighted by Gasteiger charge is -2.22. The van der Waals surface area contributed by atoms with Gasteiger partial charge in [0.15, 0.2) is 6.61 Å². The fourth-order valence-corrected chi connectivity index (χ4v) is 3.36. The number of hydrogen-bond donors (Lipinski definition) is 0. The van der Waals surface area contributed by atoms with Crippen LogP contribution in [0.2, 0.25) is 0 Å². The highest BCUT2D eigenvalue weighted by molar-refractivity contribution is 7.98. The number of para-hydroxylation sites is 1. The molecule has 0 aliphatic carbocycles. The summed E-state index contributed by atoms with van der Waals surface area (Å²) in [4.78, 5) is 27.4. The molecule has 0 N–H and O–H groups in total. The molecule has 0 spiro atoms. The zero-order chi connectivity index (χ0) is 17.1. The molecule has 2 aromatic rings. The van der Waals surface area contributed by atoms with Crippen molar-refractivity contribution >= 4 is 29.3 Å². The van der Waals surface area contributed by atoms with Gasteiger partial charge < -0.3 is 9.64 Å². The standard InChI is InChI=1S/C19H19NO3S/c1-13-11-15-5-3-4-6-17(15)20(13)18(21)12-23-19(22)14-7-9-16(24-2)10-8-14/h3-10,13H,11-12H2,1-2H3/t13-/m0/s1. The molecule has 1 aliphatic heterocycles. The van der Waals surface area contributed by atoms with Gasteiger partial charge in [-0.05, 0) is 55.5 Å². The molecular weight excluding hydrogens is 322 g/mol. The van der Waals surface area contributed by atoms with Gasteiger partial charge in [0.1, 0.15) is 0 Å². The number of fused-ring (bicyclic) bond motifs is 1. The van der Waals surface area contributed by atoms with E-state index in [1.807, 2.05) is 49.6 Å². The van der Waals surface area contributed by atoms with E-state index >= 15 is 0 Å². The molecule has 1 aliphatic rings. The van der Waals surface area contributed by atoms with E-state index in [-0.39, 0.29) is 18.6 Å². The minimum Gasteiger partial charge on any atom is -0.452 e. The summed E-state index contributed by atoms with van der Waals surface area (Å²) in [5.41, 5.74) is 2.52. The number of carbonyl (C=O) groups is 2. The van der Waals surface area contributed by atoms with Crippen molar-refractivity contribution in [2.24, 2.45) is 0 Å². The maximum atomic E-state index is 12.5. The molecule has 1 heterocycles. The number of esters is 1. The maximum absolute atomic E-state index is 12.5. The predicted octanol–water partition coefficient (Wildman–Crippen LogP) is 3.54. The number of thioether (sulfide) groups is 1. The van der Waals surface area contributed by atoms with Gasteiger partial charge in [0.2, 0.25) is 0 Å². The number of hydrogen-bond acceptors (Lipinski definition) is 4. The lowest BCUT2D eigenvalue weighted by molar-refractivity contribution is -0.122. The van der Waals surface area contributed by atoms with E-state index in [9.17, 15) is 9.59 Å². The lowest BCUT2D eigenvalue weighted by atomic mass is 10.1. The molecule has 5 heteroatoms. The van der Waals surface area contributed by atoms with Crippen molar-refractivity contribution in [3.05, 3.63) is 59.7 Å². The quantitative estimate of drug-likeness (QED) is 0.630. The van der Waals surface area contributed by atoms with Crippen LogP contribution in [0.3, 0.4) is 0 Å². The Labute approximate surface area is 145 Å². The summed E-state index contributed by atoms with van der Waals surface area (Å²) < 4.78 is 5.20. The number of ether oxygens (including phenoxy) is 1.